The molecule has 4 aromatic rings. The van der Waals surface area contributed by atoms with Crippen LogP contribution in [0.2, 0.25) is 0 Å². The van der Waals surface area contributed by atoms with Crippen molar-refractivity contribution in [2.45, 2.75) is 20.4 Å². The minimum absolute atomic E-state index is 0.0121. The molecular formula is C25H19FN2O4S3. The van der Waals surface area contributed by atoms with E-state index in [1.54, 1.807) is 48.5 Å². The molecule has 0 unspecified atom stereocenters. The van der Waals surface area contributed by atoms with Gasteiger partial charge in [0.25, 0.3) is 10.0 Å². The van der Waals surface area contributed by atoms with Gasteiger partial charge in [0.2, 0.25) is 9.84 Å². The van der Waals surface area contributed by atoms with Crippen molar-refractivity contribution in [3.63, 3.8) is 0 Å². The van der Waals surface area contributed by atoms with E-state index in [0.717, 1.165) is 16.9 Å². The number of thiophene rings is 1. The predicted octanol–water partition coefficient (Wildman–Crippen LogP) is 4.91. The first-order valence-electron chi connectivity index (χ1n) is 10.6. The zero-order valence-corrected chi connectivity index (χ0v) is 20.6. The third-order valence-corrected chi connectivity index (χ3v) is 10.5. The quantitative estimate of drug-likeness (QED) is 0.386. The summed E-state index contributed by atoms with van der Waals surface area (Å²) in [5.74, 6) is -0.375. The number of hydrogen-bond donors (Lipinski definition) is 1. The molecule has 0 fully saturated rings. The third kappa shape index (κ3) is 4.52. The van der Waals surface area contributed by atoms with Crippen molar-refractivity contribution in [3.05, 3.63) is 107 Å². The van der Waals surface area contributed by atoms with E-state index in [4.69, 9.17) is 0 Å². The van der Waals surface area contributed by atoms with Gasteiger partial charge in [-0.1, -0.05) is 36.4 Å². The zero-order valence-electron chi connectivity index (χ0n) is 18.2. The lowest BCUT2D eigenvalue weighted by Gasteiger charge is -2.18. The van der Waals surface area contributed by atoms with Gasteiger partial charge in [0.15, 0.2) is 4.21 Å². The summed E-state index contributed by atoms with van der Waals surface area (Å²) in [6.45, 7) is 0.541. The highest BCUT2D eigenvalue weighted by atomic mass is 32.2. The summed E-state index contributed by atoms with van der Waals surface area (Å²) in [6, 6.07) is 20.2. The Morgan fingerprint density at radius 2 is 1.69 bits per heavy atom. The second-order valence-corrected chi connectivity index (χ2v) is 12.6. The van der Waals surface area contributed by atoms with Crippen molar-refractivity contribution < 1.29 is 21.2 Å². The van der Waals surface area contributed by atoms with E-state index in [9.17, 15) is 21.2 Å². The maximum Gasteiger partial charge on any atom is 0.272 e. The standard InChI is InChI=1S/C25H19FN2O4S3/c26-19-10-9-17-11-13-27-24(22(17)16-19)18-5-4-6-20(15-18)28-35(31,32)25-23(12-14-33-25)34(29,30)21-7-2-1-3-8-21/h1-10,12,14-16,28H,11,13H2. The van der Waals surface area contributed by atoms with E-state index in [1.807, 2.05) is 0 Å². The summed E-state index contributed by atoms with van der Waals surface area (Å²) in [4.78, 5) is 4.28. The molecule has 0 amide bonds. The molecule has 2 heterocycles. The van der Waals surface area contributed by atoms with E-state index in [0.29, 0.717) is 29.8 Å². The van der Waals surface area contributed by atoms with Gasteiger partial charge in [-0.05, 0) is 59.8 Å². The SMILES string of the molecule is O=S(=O)(Nc1cccc(C2=NCCc3ccc(F)cc32)c1)c1sccc1S(=O)(=O)c1ccccc1. The molecule has 0 spiro atoms. The molecule has 0 bridgehead atoms. The van der Waals surface area contributed by atoms with Crippen LogP contribution in [0.15, 0.2) is 103 Å². The van der Waals surface area contributed by atoms with Crippen LogP contribution >= 0.6 is 11.3 Å². The first kappa shape index (κ1) is 23.4. The minimum Gasteiger partial charge on any atom is -0.284 e. The zero-order chi connectivity index (χ0) is 24.6. The fourth-order valence-electron chi connectivity index (χ4n) is 3.94. The van der Waals surface area contributed by atoms with Crippen LogP contribution in [0.4, 0.5) is 10.1 Å². The van der Waals surface area contributed by atoms with Crippen LogP contribution in [0.25, 0.3) is 0 Å². The van der Waals surface area contributed by atoms with Gasteiger partial charge in [0, 0.05) is 23.4 Å². The maximum absolute atomic E-state index is 13.9. The number of nitrogens with one attached hydrogen (secondary N) is 1. The van der Waals surface area contributed by atoms with Crippen LogP contribution in [0, 0.1) is 5.82 Å². The maximum atomic E-state index is 13.9. The van der Waals surface area contributed by atoms with Crippen LogP contribution in [-0.2, 0) is 26.3 Å². The van der Waals surface area contributed by atoms with Gasteiger partial charge < -0.3 is 0 Å². The van der Waals surface area contributed by atoms with E-state index in [-0.39, 0.29) is 25.5 Å². The molecule has 178 valence electrons. The van der Waals surface area contributed by atoms with Crippen molar-refractivity contribution in [1.29, 1.82) is 0 Å². The fourth-order valence-corrected chi connectivity index (χ4v) is 8.57. The number of halogens is 1. The molecule has 0 aliphatic carbocycles. The molecule has 1 aromatic heterocycles. The van der Waals surface area contributed by atoms with Crippen LogP contribution in [-0.4, -0.2) is 29.1 Å². The molecule has 1 aliphatic rings. The van der Waals surface area contributed by atoms with Crippen LogP contribution in [0.1, 0.15) is 16.7 Å². The molecule has 0 saturated heterocycles. The minimum atomic E-state index is -4.22. The van der Waals surface area contributed by atoms with Gasteiger partial charge in [-0.15, -0.1) is 11.3 Å². The third-order valence-electron chi connectivity index (χ3n) is 5.55. The lowest BCUT2D eigenvalue weighted by atomic mass is 9.93. The van der Waals surface area contributed by atoms with Crippen LogP contribution in [0.3, 0.4) is 0 Å². The summed E-state index contributed by atoms with van der Waals surface area (Å²) in [7, 11) is -8.24. The Bertz CT molecular complexity index is 1660. The number of hydrogen-bond acceptors (Lipinski definition) is 6. The fraction of sp³-hybridized carbons (Fsp3) is 0.0800. The molecule has 0 saturated carbocycles. The number of fused-ring (bicyclic) bond motifs is 1. The second-order valence-electron chi connectivity index (χ2n) is 7.86. The number of nitrogens with zero attached hydrogens (tertiary/aromatic N) is 1. The summed E-state index contributed by atoms with van der Waals surface area (Å²) in [6.07, 6.45) is 0.697. The lowest BCUT2D eigenvalue weighted by Crippen LogP contribution is -2.17. The molecule has 1 N–H and O–H groups in total. The van der Waals surface area contributed by atoms with Gasteiger partial charge in [-0.3, -0.25) is 9.71 Å². The predicted molar refractivity (Wildman–Crippen MR) is 134 cm³/mol. The highest BCUT2D eigenvalue weighted by Crippen LogP contribution is 2.33. The monoisotopic (exact) mass is 526 g/mol. The Morgan fingerprint density at radius 1 is 0.886 bits per heavy atom. The number of aliphatic imine (C=N–C) groups is 1. The highest BCUT2D eigenvalue weighted by molar-refractivity contribution is 7.96. The van der Waals surface area contributed by atoms with E-state index in [2.05, 4.69) is 9.71 Å². The van der Waals surface area contributed by atoms with Gasteiger partial charge in [0.05, 0.1) is 10.6 Å². The Morgan fingerprint density at radius 3 is 2.49 bits per heavy atom. The summed E-state index contributed by atoms with van der Waals surface area (Å²) in [5.41, 5.74) is 3.09. The normalized spacial score (nSPS) is 13.7. The van der Waals surface area contributed by atoms with Gasteiger partial charge in [-0.25, -0.2) is 21.2 Å². The highest BCUT2D eigenvalue weighted by Gasteiger charge is 2.30. The van der Waals surface area contributed by atoms with Gasteiger partial charge in [0.1, 0.15) is 10.7 Å². The van der Waals surface area contributed by atoms with Crippen molar-refractivity contribution in [1.82, 2.24) is 0 Å². The molecule has 35 heavy (non-hydrogen) atoms. The molecular weight excluding hydrogens is 507 g/mol. The average Bonchev–Trinajstić information content (AvgIpc) is 3.36. The number of benzene rings is 3. The summed E-state index contributed by atoms with van der Waals surface area (Å²) in [5, 5.41) is 1.43. The second kappa shape index (κ2) is 9.03. The van der Waals surface area contributed by atoms with E-state index in [1.165, 1.54) is 35.7 Å². The van der Waals surface area contributed by atoms with Crippen LogP contribution < -0.4 is 4.72 Å². The molecule has 6 nitrogen and oxygen atoms in total. The van der Waals surface area contributed by atoms with Crippen LogP contribution in [0.5, 0.6) is 0 Å². The molecule has 10 heteroatoms. The molecule has 0 radical (unpaired) electrons. The Kier molecular flexibility index (Phi) is 6.04. The lowest BCUT2D eigenvalue weighted by molar-refractivity contribution is 0.587. The number of anilines is 1. The number of sulfone groups is 1. The average molecular weight is 527 g/mol. The van der Waals surface area contributed by atoms with E-state index < -0.39 is 19.9 Å². The Labute approximate surface area is 206 Å². The van der Waals surface area contributed by atoms with Crippen molar-refractivity contribution in [2.75, 3.05) is 11.3 Å². The van der Waals surface area contributed by atoms with Gasteiger partial charge >= 0.3 is 0 Å². The van der Waals surface area contributed by atoms with Crippen molar-refractivity contribution >= 4 is 42.6 Å². The smallest absolute Gasteiger partial charge is 0.272 e. The topological polar surface area (TPSA) is 92.7 Å². The summed E-state index contributed by atoms with van der Waals surface area (Å²) >= 11 is 0.827. The Hall–Kier alpha value is -3.34. The molecule has 3 aromatic carbocycles. The first-order valence-corrected chi connectivity index (χ1v) is 14.4. The molecule has 0 atom stereocenters. The number of sulfonamides is 1. The Balaban J connectivity index is 1.49. The van der Waals surface area contributed by atoms with Crippen molar-refractivity contribution in [3.8, 4) is 0 Å². The molecule has 1 aliphatic heterocycles. The van der Waals surface area contributed by atoms with Crippen molar-refractivity contribution in [2.24, 2.45) is 4.99 Å². The largest absolute Gasteiger partial charge is 0.284 e. The van der Waals surface area contributed by atoms with E-state index >= 15 is 0 Å². The molecule has 5 rings (SSSR count). The first-order chi connectivity index (χ1) is 16.8. The number of rotatable bonds is 6. The van der Waals surface area contributed by atoms with Gasteiger partial charge in [-0.2, -0.15) is 0 Å². The summed E-state index contributed by atoms with van der Waals surface area (Å²) < 4.78 is 68.8.